The zero-order valence-electron chi connectivity index (χ0n) is 19.9. The minimum absolute atomic E-state index is 0.210. The number of fused-ring (bicyclic) bond motifs is 1. The fourth-order valence-electron chi connectivity index (χ4n) is 4.92. The van der Waals surface area contributed by atoms with Crippen LogP contribution in [-0.2, 0) is 25.5 Å². The van der Waals surface area contributed by atoms with E-state index in [-0.39, 0.29) is 17.1 Å². The predicted octanol–water partition coefficient (Wildman–Crippen LogP) is 3.75. The first-order valence-electron chi connectivity index (χ1n) is 11.5. The molecule has 0 fully saturated rings. The number of hydrogen-bond acceptors (Lipinski definition) is 8. The third kappa shape index (κ3) is 3.46. The average Bonchev–Trinajstić information content (AvgIpc) is 3.47. The van der Waals surface area contributed by atoms with Crippen molar-refractivity contribution in [2.75, 3.05) is 4.90 Å². The number of nitrogens with zero attached hydrogens (tertiary/aromatic N) is 3. The minimum atomic E-state index is -0.619. The van der Waals surface area contributed by atoms with Crippen molar-refractivity contribution in [1.82, 2.24) is 10.3 Å². The van der Waals surface area contributed by atoms with E-state index in [0.29, 0.717) is 23.3 Å². The Labute approximate surface area is 211 Å². The number of rotatable bonds is 3. The lowest BCUT2D eigenvalue weighted by Crippen LogP contribution is -2.40. The van der Waals surface area contributed by atoms with Crippen LogP contribution in [0, 0.1) is 0 Å². The Hall–Kier alpha value is -4.11. The molecule has 0 spiro atoms. The zero-order chi connectivity index (χ0) is 25.2. The summed E-state index contributed by atoms with van der Waals surface area (Å²) < 4.78 is 6.50. The lowest BCUT2D eigenvalue weighted by Gasteiger charge is -2.27. The molecule has 0 saturated heterocycles. The number of pyridine rings is 1. The lowest BCUT2D eigenvalue weighted by atomic mass is 9.93. The monoisotopic (exact) mass is 498 g/mol. The number of para-hydroxylation sites is 1. The third-order valence-electron chi connectivity index (χ3n) is 6.27. The number of carbonyl (C=O) groups excluding carboxylic acids is 3. The van der Waals surface area contributed by atoms with E-state index in [1.807, 2.05) is 55.3 Å². The average molecular weight is 499 g/mol. The van der Waals surface area contributed by atoms with E-state index in [2.05, 4.69) is 15.3 Å². The summed E-state index contributed by atoms with van der Waals surface area (Å²) in [6.07, 6.45) is 5.39. The molecule has 0 saturated carbocycles. The number of benzene rings is 1. The molecule has 36 heavy (non-hydrogen) atoms. The Morgan fingerprint density at radius 2 is 1.92 bits per heavy atom. The fourth-order valence-corrected chi connectivity index (χ4v) is 5.79. The summed E-state index contributed by atoms with van der Waals surface area (Å²) in [5, 5.41) is 4.36. The van der Waals surface area contributed by atoms with Gasteiger partial charge in [0.25, 0.3) is 11.8 Å². The smallest absolute Gasteiger partial charge is 0.329 e. The Bertz CT molecular complexity index is 1570. The normalized spacial score (nSPS) is 18.9. The van der Waals surface area contributed by atoms with Gasteiger partial charge in [0.2, 0.25) is 0 Å². The fraction of sp³-hybridized carbons (Fsp3) is 0.222. The van der Waals surface area contributed by atoms with Crippen molar-refractivity contribution >= 4 is 56.3 Å². The summed E-state index contributed by atoms with van der Waals surface area (Å²) in [7, 11) is 0. The number of carbonyl (C=O) groups is 3. The second-order valence-electron chi connectivity index (χ2n) is 9.78. The van der Waals surface area contributed by atoms with Gasteiger partial charge in [0.1, 0.15) is 11.6 Å². The molecule has 1 unspecified atom stereocenters. The van der Waals surface area contributed by atoms with Crippen molar-refractivity contribution in [2.45, 2.75) is 38.8 Å². The molecular formula is C27H22N4O4S. The van der Waals surface area contributed by atoms with Gasteiger partial charge in [0, 0.05) is 36.1 Å². The Morgan fingerprint density at radius 3 is 2.72 bits per heavy atom. The highest BCUT2D eigenvalue weighted by Gasteiger charge is 2.42. The van der Waals surface area contributed by atoms with Crippen molar-refractivity contribution in [2.24, 2.45) is 4.99 Å². The standard InChI is InChI=1S/C27H22N4O4S/c1-27(2,3)35-26(34)18-13-14-5-4-6-16-21(29-10-11-31(18)22(14)16)20-19(24(32)30-25(20)33)15-7-9-28-17-8-12-36-23(15)17/h4-12,18H,13H2,1-3H3,(H,30,32,33). The lowest BCUT2D eigenvalue weighted by molar-refractivity contribution is -0.156. The van der Waals surface area contributed by atoms with Gasteiger partial charge in [-0.25, -0.2) is 4.79 Å². The number of imide groups is 1. The maximum Gasteiger partial charge on any atom is 0.329 e. The van der Waals surface area contributed by atoms with Gasteiger partial charge >= 0.3 is 5.97 Å². The first-order valence-corrected chi connectivity index (χ1v) is 12.4. The van der Waals surface area contributed by atoms with Crippen LogP contribution in [0.5, 0.6) is 0 Å². The van der Waals surface area contributed by atoms with Gasteiger partial charge in [0.15, 0.2) is 0 Å². The summed E-state index contributed by atoms with van der Waals surface area (Å²) in [5.41, 5.74) is 4.05. The van der Waals surface area contributed by atoms with E-state index in [1.54, 1.807) is 24.7 Å². The van der Waals surface area contributed by atoms with E-state index < -0.39 is 23.5 Å². The molecule has 3 aromatic rings. The van der Waals surface area contributed by atoms with E-state index in [1.165, 1.54) is 11.3 Å². The van der Waals surface area contributed by atoms with Crippen LogP contribution < -0.4 is 10.2 Å². The number of amides is 2. The molecule has 9 heteroatoms. The van der Waals surface area contributed by atoms with E-state index in [9.17, 15) is 14.4 Å². The van der Waals surface area contributed by atoms with Crippen LogP contribution in [0.15, 0.2) is 64.9 Å². The molecule has 0 bridgehead atoms. The molecule has 2 amide bonds. The number of thiophene rings is 1. The van der Waals surface area contributed by atoms with Crippen LogP contribution in [0.4, 0.5) is 5.69 Å². The van der Waals surface area contributed by atoms with Crippen LogP contribution in [0.1, 0.15) is 37.5 Å². The van der Waals surface area contributed by atoms with Crippen molar-refractivity contribution in [3.05, 3.63) is 76.6 Å². The van der Waals surface area contributed by atoms with E-state index in [4.69, 9.17) is 4.74 Å². The Balaban J connectivity index is 1.51. The number of ether oxygens (including phenoxy) is 1. The molecule has 180 valence electrons. The van der Waals surface area contributed by atoms with E-state index in [0.717, 1.165) is 21.5 Å². The molecule has 1 aromatic carbocycles. The number of hydrogen-bond donors (Lipinski definition) is 1. The first-order chi connectivity index (χ1) is 17.2. The van der Waals surface area contributed by atoms with Gasteiger partial charge in [-0.1, -0.05) is 18.2 Å². The molecule has 1 N–H and O–H groups in total. The minimum Gasteiger partial charge on any atom is -0.458 e. The van der Waals surface area contributed by atoms with Crippen molar-refractivity contribution in [3.8, 4) is 0 Å². The highest BCUT2D eigenvalue weighted by molar-refractivity contribution is 7.17. The van der Waals surface area contributed by atoms with Gasteiger partial charge < -0.3 is 9.64 Å². The number of aliphatic imine (C=N–C) groups is 1. The largest absolute Gasteiger partial charge is 0.458 e. The maximum atomic E-state index is 13.2. The number of esters is 1. The van der Waals surface area contributed by atoms with Gasteiger partial charge in [-0.15, -0.1) is 11.3 Å². The Kier molecular flexibility index (Phi) is 4.94. The van der Waals surface area contributed by atoms with Crippen LogP contribution >= 0.6 is 11.3 Å². The van der Waals surface area contributed by atoms with Gasteiger partial charge in [-0.05, 0) is 43.8 Å². The van der Waals surface area contributed by atoms with Gasteiger partial charge in [-0.3, -0.25) is 24.9 Å². The second-order valence-corrected chi connectivity index (χ2v) is 10.7. The molecular weight excluding hydrogens is 476 g/mol. The number of aromatic nitrogens is 1. The molecule has 1 atom stereocenters. The predicted molar refractivity (Wildman–Crippen MR) is 138 cm³/mol. The van der Waals surface area contributed by atoms with Crippen molar-refractivity contribution in [1.29, 1.82) is 0 Å². The quantitative estimate of drug-likeness (QED) is 0.436. The van der Waals surface area contributed by atoms with Crippen LogP contribution in [0.3, 0.4) is 0 Å². The summed E-state index contributed by atoms with van der Waals surface area (Å²) in [5.74, 6) is -1.30. The zero-order valence-corrected chi connectivity index (χ0v) is 20.7. The number of nitrogens with one attached hydrogen (secondary N) is 1. The number of anilines is 1. The molecule has 5 heterocycles. The van der Waals surface area contributed by atoms with Crippen molar-refractivity contribution < 1.29 is 19.1 Å². The maximum absolute atomic E-state index is 13.2. The second kappa shape index (κ2) is 7.96. The molecule has 2 aromatic heterocycles. The molecule has 6 rings (SSSR count). The van der Waals surface area contributed by atoms with E-state index >= 15 is 0 Å². The van der Waals surface area contributed by atoms with Crippen LogP contribution in [-0.4, -0.2) is 40.1 Å². The summed E-state index contributed by atoms with van der Waals surface area (Å²) in [6, 6.07) is 8.78. The molecule has 3 aliphatic rings. The molecule has 3 aliphatic heterocycles. The highest BCUT2D eigenvalue weighted by atomic mass is 32.1. The Morgan fingerprint density at radius 1 is 1.11 bits per heavy atom. The van der Waals surface area contributed by atoms with Gasteiger partial charge in [0.05, 0.1) is 32.8 Å². The van der Waals surface area contributed by atoms with Gasteiger partial charge in [-0.2, -0.15) is 0 Å². The molecule has 0 aliphatic carbocycles. The van der Waals surface area contributed by atoms with Crippen molar-refractivity contribution in [3.63, 3.8) is 0 Å². The summed E-state index contributed by atoms with van der Waals surface area (Å²) >= 11 is 1.46. The highest BCUT2D eigenvalue weighted by Crippen LogP contribution is 2.41. The summed E-state index contributed by atoms with van der Waals surface area (Å²) in [6.45, 7) is 5.52. The topological polar surface area (TPSA) is 101 Å². The molecule has 0 radical (unpaired) electrons. The SMILES string of the molecule is CC(C)(C)OC(=O)C1Cc2cccc3c2N1C=CN=C3C1=C(c2ccnc3ccsc23)C(=O)NC1=O. The molecule has 8 nitrogen and oxygen atoms in total. The third-order valence-corrected chi connectivity index (χ3v) is 7.21. The van der Waals surface area contributed by atoms with Crippen LogP contribution in [0.25, 0.3) is 15.8 Å². The summed E-state index contributed by atoms with van der Waals surface area (Å²) in [4.78, 5) is 50.2. The van der Waals surface area contributed by atoms with Crippen LogP contribution in [0.2, 0.25) is 0 Å². The first kappa shape index (κ1) is 22.4.